The lowest BCUT2D eigenvalue weighted by atomic mass is 9.99. The van der Waals surface area contributed by atoms with Crippen LogP contribution in [0.15, 0.2) is 24.7 Å². The van der Waals surface area contributed by atoms with Crippen LogP contribution in [0, 0.1) is 0 Å². The molecule has 0 radical (unpaired) electrons. The fourth-order valence-corrected chi connectivity index (χ4v) is 2.29. The third-order valence-electron chi connectivity index (χ3n) is 3.13. The number of imidazole rings is 1. The third-order valence-corrected chi connectivity index (χ3v) is 3.13. The molecular weight excluding hydrogens is 228 g/mol. The molecule has 3 heterocycles. The largest absolute Gasteiger partial charge is 0.478 e. The lowest BCUT2D eigenvalue weighted by Crippen LogP contribution is -2.30. The number of aromatic amines is 1. The van der Waals surface area contributed by atoms with Gasteiger partial charge in [-0.25, -0.2) is 9.97 Å². The molecule has 0 spiro atoms. The number of nitrogens with zero attached hydrogens (tertiary/aromatic N) is 2. The molecule has 0 fully saturated rings. The van der Waals surface area contributed by atoms with Crippen molar-refractivity contribution in [1.82, 2.24) is 20.3 Å². The van der Waals surface area contributed by atoms with Crippen LogP contribution < -0.4 is 10.1 Å². The molecule has 2 aromatic rings. The first kappa shape index (κ1) is 11.2. The Labute approximate surface area is 106 Å². The van der Waals surface area contributed by atoms with Crippen molar-refractivity contribution >= 4 is 0 Å². The maximum Gasteiger partial charge on any atom is 0.213 e. The van der Waals surface area contributed by atoms with Gasteiger partial charge in [-0.2, -0.15) is 0 Å². The minimum atomic E-state index is 0.128. The molecular formula is C13H16N4O. The number of aromatic nitrogens is 3. The van der Waals surface area contributed by atoms with E-state index in [0.29, 0.717) is 12.5 Å². The van der Waals surface area contributed by atoms with Crippen LogP contribution in [0.25, 0.3) is 0 Å². The van der Waals surface area contributed by atoms with Gasteiger partial charge in [-0.15, -0.1) is 0 Å². The van der Waals surface area contributed by atoms with E-state index in [4.69, 9.17) is 4.74 Å². The molecule has 3 rings (SSSR count). The SMILES string of the molecule is CCOc1ccc([C@H]2NCCc3[nH]cnc32)cn1. The monoisotopic (exact) mass is 244 g/mol. The Morgan fingerprint density at radius 2 is 2.33 bits per heavy atom. The molecule has 94 valence electrons. The maximum atomic E-state index is 5.35. The molecule has 0 saturated heterocycles. The molecule has 18 heavy (non-hydrogen) atoms. The van der Waals surface area contributed by atoms with Gasteiger partial charge in [-0.3, -0.25) is 0 Å². The van der Waals surface area contributed by atoms with Crippen molar-refractivity contribution < 1.29 is 4.74 Å². The second-order valence-corrected chi connectivity index (χ2v) is 4.27. The Bertz CT molecular complexity index is 520. The summed E-state index contributed by atoms with van der Waals surface area (Å²) in [6, 6.07) is 4.07. The van der Waals surface area contributed by atoms with E-state index in [1.807, 2.05) is 25.3 Å². The molecule has 0 saturated carbocycles. The second kappa shape index (κ2) is 4.78. The van der Waals surface area contributed by atoms with Gasteiger partial charge in [0.2, 0.25) is 5.88 Å². The van der Waals surface area contributed by atoms with Crippen LogP contribution in [-0.2, 0) is 6.42 Å². The van der Waals surface area contributed by atoms with Gasteiger partial charge in [-0.05, 0) is 12.5 Å². The number of pyridine rings is 1. The highest BCUT2D eigenvalue weighted by molar-refractivity contribution is 5.32. The summed E-state index contributed by atoms with van der Waals surface area (Å²) < 4.78 is 5.35. The average Bonchev–Trinajstić information content (AvgIpc) is 2.88. The first-order chi connectivity index (χ1) is 8.88. The van der Waals surface area contributed by atoms with Gasteiger partial charge < -0.3 is 15.0 Å². The fraction of sp³-hybridized carbons (Fsp3) is 0.385. The van der Waals surface area contributed by atoms with Crippen molar-refractivity contribution in [2.45, 2.75) is 19.4 Å². The molecule has 5 nitrogen and oxygen atoms in total. The summed E-state index contributed by atoms with van der Waals surface area (Å²) in [4.78, 5) is 11.9. The summed E-state index contributed by atoms with van der Waals surface area (Å²) in [5.74, 6) is 0.666. The third kappa shape index (κ3) is 1.97. The zero-order valence-corrected chi connectivity index (χ0v) is 10.3. The average molecular weight is 244 g/mol. The van der Waals surface area contributed by atoms with Gasteiger partial charge in [0.1, 0.15) is 0 Å². The van der Waals surface area contributed by atoms with Crippen molar-refractivity contribution in [2.24, 2.45) is 0 Å². The first-order valence-electron chi connectivity index (χ1n) is 6.22. The minimum absolute atomic E-state index is 0.128. The van der Waals surface area contributed by atoms with Crippen LogP contribution >= 0.6 is 0 Å². The number of H-pyrrole nitrogens is 1. The van der Waals surface area contributed by atoms with Gasteiger partial charge in [0.15, 0.2) is 0 Å². The van der Waals surface area contributed by atoms with Crippen molar-refractivity contribution in [3.8, 4) is 5.88 Å². The van der Waals surface area contributed by atoms with E-state index in [0.717, 1.165) is 24.2 Å². The van der Waals surface area contributed by atoms with E-state index in [2.05, 4.69) is 20.3 Å². The second-order valence-electron chi connectivity index (χ2n) is 4.27. The molecule has 1 aliphatic rings. The molecule has 0 aromatic carbocycles. The lowest BCUT2D eigenvalue weighted by molar-refractivity contribution is 0.326. The summed E-state index contributed by atoms with van der Waals surface area (Å²) in [7, 11) is 0. The summed E-state index contributed by atoms with van der Waals surface area (Å²) >= 11 is 0. The van der Waals surface area contributed by atoms with Crippen molar-refractivity contribution in [1.29, 1.82) is 0 Å². The minimum Gasteiger partial charge on any atom is -0.478 e. The Kier molecular flexibility index (Phi) is 2.98. The first-order valence-corrected chi connectivity index (χ1v) is 6.22. The normalized spacial score (nSPS) is 18.4. The van der Waals surface area contributed by atoms with Crippen molar-refractivity contribution in [3.05, 3.63) is 41.6 Å². The highest BCUT2D eigenvalue weighted by atomic mass is 16.5. The van der Waals surface area contributed by atoms with Gasteiger partial charge in [-0.1, -0.05) is 6.07 Å². The maximum absolute atomic E-state index is 5.35. The van der Waals surface area contributed by atoms with Crippen LogP contribution in [0.2, 0.25) is 0 Å². The van der Waals surface area contributed by atoms with E-state index < -0.39 is 0 Å². The molecule has 0 aliphatic carbocycles. The molecule has 5 heteroatoms. The number of hydrogen-bond donors (Lipinski definition) is 2. The van der Waals surface area contributed by atoms with E-state index >= 15 is 0 Å². The Balaban J connectivity index is 1.88. The van der Waals surface area contributed by atoms with Crippen molar-refractivity contribution in [2.75, 3.05) is 13.2 Å². The Hall–Kier alpha value is -1.88. The summed E-state index contributed by atoms with van der Waals surface area (Å²) in [6.07, 6.45) is 4.61. The van der Waals surface area contributed by atoms with E-state index in [1.54, 1.807) is 6.33 Å². The topological polar surface area (TPSA) is 62.8 Å². The molecule has 2 aromatic heterocycles. The number of ether oxygens (including phenoxy) is 1. The van der Waals surface area contributed by atoms with Gasteiger partial charge in [0.05, 0.1) is 24.7 Å². The van der Waals surface area contributed by atoms with E-state index in [9.17, 15) is 0 Å². The van der Waals surface area contributed by atoms with Crippen LogP contribution in [0.1, 0.15) is 29.9 Å². The highest BCUT2D eigenvalue weighted by Gasteiger charge is 2.23. The predicted molar refractivity (Wildman–Crippen MR) is 67.5 cm³/mol. The van der Waals surface area contributed by atoms with E-state index in [1.165, 1.54) is 5.69 Å². The molecule has 0 unspecified atom stereocenters. The zero-order valence-electron chi connectivity index (χ0n) is 10.3. The molecule has 0 bridgehead atoms. The number of hydrogen-bond acceptors (Lipinski definition) is 4. The van der Waals surface area contributed by atoms with Gasteiger partial charge in [0, 0.05) is 30.9 Å². The summed E-state index contributed by atoms with van der Waals surface area (Å²) in [6.45, 7) is 3.54. The predicted octanol–water partition coefficient (Wildman–Crippen LogP) is 1.44. The summed E-state index contributed by atoms with van der Waals surface area (Å²) in [5.41, 5.74) is 3.41. The highest BCUT2D eigenvalue weighted by Crippen LogP contribution is 2.26. The number of rotatable bonds is 3. The number of fused-ring (bicyclic) bond motifs is 1. The van der Waals surface area contributed by atoms with Crippen LogP contribution in [0.3, 0.4) is 0 Å². The van der Waals surface area contributed by atoms with Gasteiger partial charge in [0.25, 0.3) is 0 Å². The standard InChI is InChI=1S/C13H16N4O/c1-2-18-11-4-3-9(7-15-11)12-13-10(5-6-14-12)16-8-17-13/h3-4,7-8,12,14H,2,5-6H2,1H3,(H,16,17)/t12-/m1/s1. The zero-order chi connectivity index (χ0) is 12.4. The van der Waals surface area contributed by atoms with Crippen LogP contribution in [0.4, 0.5) is 0 Å². The smallest absolute Gasteiger partial charge is 0.213 e. The van der Waals surface area contributed by atoms with Crippen LogP contribution in [0.5, 0.6) is 5.88 Å². The Morgan fingerprint density at radius 1 is 1.39 bits per heavy atom. The summed E-state index contributed by atoms with van der Waals surface area (Å²) in [5, 5.41) is 3.47. The fourth-order valence-electron chi connectivity index (χ4n) is 2.29. The Morgan fingerprint density at radius 3 is 3.11 bits per heavy atom. The molecule has 1 aliphatic heterocycles. The molecule has 1 atom stereocenters. The number of nitrogens with one attached hydrogen (secondary N) is 2. The molecule has 0 amide bonds. The quantitative estimate of drug-likeness (QED) is 0.857. The molecule has 2 N–H and O–H groups in total. The lowest BCUT2D eigenvalue weighted by Gasteiger charge is -2.23. The van der Waals surface area contributed by atoms with Crippen LogP contribution in [-0.4, -0.2) is 28.1 Å². The van der Waals surface area contributed by atoms with Crippen molar-refractivity contribution in [3.63, 3.8) is 0 Å². The van der Waals surface area contributed by atoms with E-state index in [-0.39, 0.29) is 6.04 Å². The van der Waals surface area contributed by atoms with Gasteiger partial charge >= 0.3 is 0 Å².